The maximum atomic E-state index is 13.3. The van der Waals surface area contributed by atoms with Gasteiger partial charge in [0, 0.05) is 37.0 Å². The number of carbonyl (C=O) groups excluding carboxylic acids is 3. The van der Waals surface area contributed by atoms with Crippen LogP contribution in [0.4, 0.5) is 0 Å². The second-order valence-corrected chi connectivity index (χ2v) is 9.10. The first-order valence-electron chi connectivity index (χ1n) is 12.2. The zero-order valence-corrected chi connectivity index (χ0v) is 22.1. The number of nitrogens with zero attached hydrogens (tertiary/aromatic N) is 2. The Morgan fingerprint density at radius 1 is 0.974 bits per heavy atom. The Kier molecular flexibility index (Phi) is 12.8. The summed E-state index contributed by atoms with van der Waals surface area (Å²) in [5, 5.41) is 17.4. The van der Waals surface area contributed by atoms with Crippen LogP contribution in [0, 0.1) is 0 Å². The van der Waals surface area contributed by atoms with E-state index < -0.39 is 47.9 Å². The summed E-state index contributed by atoms with van der Waals surface area (Å²) in [6.45, 7) is 0.180. The molecule has 0 bridgehead atoms. The van der Waals surface area contributed by atoms with Crippen molar-refractivity contribution in [3.8, 4) is 0 Å². The molecule has 4 unspecified atom stereocenters. The van der Waals surface area contributed by atoms with E-state index in [-0.39, 0.29) is 37.5 Å². The molecular formula is C24H35N9O5S. The van der Waals surface area contributed by atoms with E-state index in [0.717, 1.165) is 0 Å². The van der Waals surface area contributed by atoms with Crippen molar-refractivity contribution in [1.29, 1.82) is 0 Å². The number of nitrogens with one attached hydrogen (secondary N) is 4. The van der Waals surface area contributed by atoms with Crippen molar-refractivity contribution in [2.45, 2.75) is 49.9 Å². The first-order chi connectivity index (χ1) is 18.6. The summed E-state index contributed by atoms with van der Waals surface area (Å²) in [6.07, 6.45) is 3.37. The Balaban J connectivity index is 2.21. The molecule has 14 nitrogen and oxygen atoms in total. The number of aliphatic carboxylic acids is 1. The first kappa shape index (κ1) is 31.1. The number of imidazole rings is 1. The van der Waals surface area contributed by atoms with Gasteiger partial charge in [-0.1, -0.05) is 30.3 Å². The predicted octanol–water partition coefficient (Wildman–Crippen LogP) is -1.96. The third kappa shape index (κ3) is 11.0. The van der Waals surface area contributed by atoms with Crippen LogP contribution in [0.5, 0.6) is 0 Å². The molecule has 0 aliphatic rings. The third-order valence-electron chi connectivity index (χ3n) is 5.62. The molecule has 0 saturated heterocycles. The third-order valence-corrected chi connectivity index (χ3v) is 6.01. The van der Waals surface area contributed by atoms with Crippen LogP contribution >= 0.6 is 12.6 Å². The monoisotopic (exact) mass is 561 g/mol. The lowest BCUT2D eigenvalue weighted by molar-refractivity contribution is -0.142. The zero-order valence-electron chi connectivity index (χ0n) is 21.2. The Morgan fingerprint density at radius 3 is 2.21 bits per heavy atom. The molecule has 0 fully saturated rings. The highest BCUT2D eigenvalue weighted by molar-refractivity contribution is 7.80. The van der Waals surface area contributed by atoms with Crippen LogP contribution in [0.3, 0.4) is 0 Å². The van der Waals surface area contributed by atoms with Gasteiger partial charge in [-0.3, -0.25) is 19.4 Å². The minimum atomic E-state index is -1.24. The van der Waals surface area contributed by atoms with Gasteiger partial charge in [0.1, 0.15) is 18.1 Å². The quantitative estimate of drug-likeness (QED) is 0.0477. The molecule has 2 aromatic rings. The van der Waals surface area contributed by atoms with E-state index in [1.807, 2.05) is 0 Å². The number of carboxylic acid groups (broad SMARTS) is 1. The van der Waals surface area contributed by atoms with Crippen LogP contribution < -0.4 is 33.2 Å². The summed E-state index contributed by atoms with van der Waals surface area (Å²) in [7, 11) is 0. The van der Waals surface area contributed by atoms with Crippen molar-refractivity contribution < 1.29 is 24.3 Å². The van der Waals surface area contributed by atoms with Crippen LogP contribution in [0.2, 0.25) is 0 Å². The average molecular weight is 562 g/mol. The molecule has 0 spiro atoms. The normalized spacial score (nSPS) is 13.8. The lowest BCUT2D eigenvalue weighted by Crippen LogP contribution is -2.58. The number of thiol groups is 1. The summed E-state index contributed by atoms with van der Waals surface area (Å²) < 4.78 is 0. The molecule has 15 heteroatoms. The number of carboxylic acids is 1. The van der Waals surface area contributed by atoms with E-state index in [9.17, 15) is 24.3 Å². The molecule has 2 rings (SSSR count). The lowest BCUT2D eigenvalue weighted by atomic mass is 10.0. The van der Waals surface area contributed by atoms with Crippen LogP contribution in [-0.2, 0) is 32.0 Å². The summed E-state index contributed by atoms with van der Waals surface area (Å²) in [6, 6.07) is 4.34. The molecular weight excluding hydrogens is 526 g/mol. The molecule has 0 aliphatic heterocycles. The molecule has 39 heavy (non-hydrogen) atoms. The van der Waals surface area contributed by atoms with Crippen molar-refractivity contribution >= 4 is 42.3 Å². The van der Waals surface area contributed by atoms with Crippen molar-refractivity contribution in [2.24, 2.45) is 22.2 Å². The highest BCUT2D eigenvalue weighted by Gasteiger charge is 2.30. The maximum Gasteiger partial charge on any atom is 0.326 e. The molecule has 1 heterocycles. The van der Waals surface area contributed by atoms with Crippen LogP contribution in [0.15, 0.2) is 47.8 Å². The number of hydrogen-bond donors (Lipinski definition) is 9. The number of guanidine groups is 1. The molecule has 3 amide bonds. The SMILES string of the molecule is NC(N)=NCCCC(NC(=O)C(Cc1cnc[nH]1)NC(=O)C(N)CS)C(=O)NC(Cc1ccccc1)C(=O)O. The van der Waals surface area contributed by atoms with Crippen molar-refractivity contribution in [1.82, 2.24) is 25.9 Å². The predicted molar refractivity (Wildman–Crippen MR) is 148 cm³/mol. The largest absolute Gasteiger partial charge is 0.480 e. The van der Waals surface area contributed by atoms with E-state index >= 15 is 0 Å². The fourth-order valence-corrected chi connectivity index (χ4v) is 3.72. The topological polar surface area (TPSA) is 244 Å². The lowest BCUT2D eigenvalue weighted by Gasteiger charge is -2.25. The van der Waals surface area contributed by atoms with Gasteiger partial charge in [-0.2, -0.15) is 12.6 Å². The van der Waals surface area contributed by atoms with Crippen molar-refractivity contribution in [3.05, 3.63) is 54.1 Å². The number of H-pyrrole nitrogens is 1. The summed E-state index contributed by atoms with van der Waals surface area (Å²) in [4.78, 5) is 61.5. The fourth-order valence-electron chi connectivity index (χ4n) is 3.55. The zero-order chi connectivity index (χ0) is 28.8. The number of rotatable bonds is 16. The molecule has 11 N–H and O–H groups in total. The van der Waals surface area contributed by atoms with Gasteiger partial charge in [-0.15, -0.1) is 0 Å². The fraction of sp³-hybridized carbons (Fsp3) is 0.417. The number of nitrogens with two attached hydrogens (primary N) is 3. The van der Waals surface area contributed by atoms with E-state index in [1.165, 1.54) is 12.5 Å². The Morgan fingerprint density at radius 2 is 1.62 bits per heavy atom. The second-order valence-electron chi connectivity index (χ2n) is 8.73. The van der Waals surface area contributed by atoms with Gasteiger partial charge in [0.05, 0.1) is 12.4 Å². The van der Waals surface area contributed by atoms with E-state index in [0.29, 0.717) is 17.7 Å². The first-order valence-corrected chi connectivity index (χ1v) is 12.8. The van der Waals surface area contributed by atoms with E-state index in [4.69, 9.17) is 17.2 Å². The van der Waals surface area contributed by atoms with E-state index in [2.05, 4.69) is 43.5 Å². The minimum absolute atomic E-state index is 0.0327. The van der Waals surface area contributed by atoms with Crippen LogP contribution in [0.25, 0.3) is 0 Å². The maximum absolute atomic E-state index is 13.3. The van der Waals surface area contributed by atoms with Gasteiger partial charge in [-0.05, 0) is 18.4 Å². The highest BCUT2D eigenvalue weighted by Crippen LogP contribution is 2.07. The van der Waals surface area contributed by atoms with Crippen LogP contribution in [-0.4, -0.2) is 81.2 Å². The Bertz CT molecular complexity index is 1110. The number of carbonyl (C=O) groups is 4. The van der Waals surface area contributed by atoms with Gasteiger partial charge in [-0.25, -0.2) is 9.78 Å². The Hall–Kier alpha value is -4.11. The summed E-state index contributed by atoms with van der Waals surface area (Å²) in [5.41, 5.74) is 17.7. The number of aliphatic imine (C=N–C) groups is 1. The summed E-state index contributed by atoms with van der Waals surface area (Å²) >= 11 is 4.01. The standard InChI is InChI=1S/C24H35N9O5S/c25-16(12-39)20(34)32-18(10-15-11-28-13-30-15)22(36)31-17(7-4-8-29-24(26)27)21(35)33-19(23(37)38)9-14-5-2-1-3-6-14/h1-3,5-6,11,13,16-19,39H,4,7-10,12,25H2,(H,28,30)(H,31,36)(H,32,34)(H,33,35)(H,37,38)(H4,26,27,29). The van der Waals surface area contributed by atoms with Crippen molar-refractivity contribution in [3.63, 3.8) is 0 Å². The average Bonchev–Trinajstić information content (AvgIpc) is 3.42. The smallest absolute Gasteiger partial charge is 0.326 e. The minimum Gasteiger partial charge on any atom is -0.480 e. The number of hydrogen-bond acceptors (Lipinski definition) is 8. The number of benzene rings is 1. The van der Waals surface area contributed by atoms with Crippen LogP contribution in [0.1, 0.15) is 24.1 Å². The molecule has 0 saturated carbocycles. The molecule has 212 valence electrons. The highest BCUT2D eigenvalue weighted by atomic mass is 32.1. The Labute approximate surface area is 231 Å². The molecule has 1 aromatic heterocycles. The van der Waals surface area contributed by atoms with Gasteiger partial charge in [0.15, 0.2) is 5.96 Å². The number of aromatic amines is 1. The van der Waals surface area contributed by atoms with Gasteiger partial charge >= 0.3 is 5.97 Å². The molecule has 0 radical (unpaired) electrons. The summed E-state index contributed by atoms with van der Waals surface area (Å²) in [5.74, 6) is -3.30. The number of amides is 3. The van der Waals surface area contributed by atoms with Gasteiger partial charge < -0.3 is 43.2 Å². The van der Waals surface area contributed by atoms with Crippen molar-refractivity contribution in [2.75, 3.05) is 12.3 Å². The molecule has 1 aromatic carbocycles. The number of aromatic nitrogens is 2. The molecule has 4 atom stereocenters. The van der Waals surface area contributed by atoms with Gasteiger partial charge in [0.25, 0.3) is 0 Å². The van der Waals surface area contributed by atoms with E-state index in [1.54, 1.807) is 30.3 Å². The molecule has 0 aliphatic carbocycles. The second kappa shape index (κ2) is 16.0. The van der Waals surface area contributed by atoms with Gasteiger partial charge in [0.2, 0.25) is 17.7 Å².